The molecule has 0 radical (unpaired) electrons. The maximum absolute atomic E-state index is 14.0. The number of benzene rings is 1. The molecular formula is C31H43F2NO. The number of ether oxygens (including phenoxy) is 1. The van der Waals surface area contributed by atoms with E-state index in [-0.39, 0.29) is 5.92 Å². The van der Waals surface area contributed by atoms with Crippen molar-refractivity contribution in [2.45, 2.75) is 108 Å². The van der Waals surface area contributed by atoms with Gasteiger partial charge in [-0.1, -0.05) is 31.8 Å². The zero-order valence-corrected chi connectivity index (χ0v) is 21.3. The molecule has 0 atom stereocenters. The molecule has 1 aromatic rings. The second kappa shape index (κ2) is 13.0. The molecule has 4 rings (SSSR count). The second-order valence-corrected chi connectivity index (χ2v) is 11.5. The third-order valence-electron chi connectivity index (χ3n) is 9.43. The lowest BCUT2D eigenvalue weighted by atomic mass is 9.69. The largest absolute Gasteiger partial charge is 0.378 e. The van der Waals surface area contributed by atoms with E-state index in [0.717, 1.165) is 67.9 Å². The molecule has 0 spiro atoms. The Kier molecular flexibility index (Phi) is 9.78. The van der Waals surface area contributed by atoms with Crippen LogP contribution in [0.25, 0.3) is 0 Å². The Labute approximate surface area is 211 Å². The fourth-order valence-corrected chi connectivity index (χ4v) is 7.18. The first-order valence-electron chi connectivity index (χ1n) is 14.2. The maximum Gasteiger partial charge on any atom is 0.144 e. The van der Waals surface area contributed by atoms with Crippen molar-refractivity contribution in [2.24, 2.45) is 23.7 Å². The van der Waals surface area contributed by atoms with Gasteiger partial charge in [0.1, 0.15) is 23.3 Å². The molecule has 3 fully saturated rings. The summed E-state index contributed by atoms with van der Waals surface area (Å²) in [4.78, 5) is 0. The first-order chi connectivity index (χ1) is 17.1. The molecule has 3 aliphatic rings. The number of nitriles is 1. The van der Waals surface area contributed by atoms with Crippen molar-refractivity contribution in [3.63, 3.8) is 0 Å². The number of hydrogen-bond acceptors (Lipinski definition) is 2. The van der Waals surface area contributed by atoms with Crippen LogP contribution in [0.15, 0.2) is 24.8 Å². The van der Waals surface area contributed by atoms with Gasteiger partial charge in [0.05, 0.1) is 12.7 Å². The summed E-state index contributed by atoms with van der Waals surface area (Å²) in [5.74, 6) is 2.29. The molecule has 4 heteroatoms. The summed E-state index contributed by atoms with van der Waals surface area (Å²) in [6.07, 6.45) is 21.2. The van der Waals surface area contributed by atoms with Gasteiger partial charge in [-0.2, -0.15) is 5.26 Å². The van der Waals surface area contributed by atoms with Gasteiger partial charge in [0.25, 0.3) is 0 Å². The Bertz CT molecular complexity index is 830. The number of rotatable bonds is 9. The molecule has 0 N–H and O–H groups in total. The molecule has 0 aromatic heterocycles. The molecule has 0 heterocycles. The van der Waals surface area contributed by atoms with Gasteiger partial charge in [-0.15, -0.1) is 6.58 Å². The van der Waals surface area contributed by atoms with E-state index < -0.39 is 17.2 Å². The first-order valence-corrected chi connectivity index (χ1v) is 14.2. The van der Waals surface area contributed by atoms with Gasteiger partial charge in [0.15, 0.2) is 0 Å². The van der Waals surface area contributed by atoms with E-state index in [4.69, 9.17) is 10.00 Å². The Morgan fingerprint density at radius 2 is 1.34 bits per heavy atom. The highest BCUT2D eigenvalue weighted by Gasteiger charge is 2.32. The summed E-state index contributed by atoms with van der Waals surface area (Å²) >= 11 is 0. The van der Waals surface area contributed by atoms with E-state index in [1.807, 2.05) is 6.08 Å². The smallest absolute Gasteiger partial charge is 0.144 e. The summed E-state index contributed by atoms with van der Waals surface area (Å²) in [5.41, 5.74) is 0.270. The van der Waals surface area contributed by atoms with Gasteiger partial charge in [-0.3, -0.25) is 0 Å². The van der Waals surface area contributed by atoms with Crippen LogP contribution in [0.5, 0.6) is 0 Å². The van der Waals surface area contributed by atoms with Crippen LogP contribution in [0.4, 0.5) is 8.78 Å². The van der Waals surface area contributed by atoms with Crippen LogP contribution >= 0.6 is 0 Å². The Morgan fingerprint density at radius 3 is 1.86 bits per heavy atom. The summed E-state index contributed by atoms with van der Waals surface area (Å²) in [6, 6.07) is 4.39. The topological polar surface area (TPSA) is 33.0 Å². The molecule has 0 amide bonds. The Morgan fingerprint density at radius 1 is 0.829 bits per heavy atom. The van der Waals surface area contributed by atoms with Crippen molar-refractivity contribution in [3.05, 3.63) is 47.5 Å². The molecular weight excluding hydrogens is 440 g/mol. The standard InChI is InChI=1S/C31H43F2NO/c1-2-3-18-35-28-16-14-25(15-17-28)24-10-6-22(7-11-24)4-5-23-8-12-26(13-9-23)27-19-30(32)29(21-34)31(33)20-27/h2,19-20,22-26,28H,1,3-18H2. The highest BCUT2D eigenvalue weighted by molar-refractivity contribution is 5.36. The van der Waals surface area contributed by atoms with Gasteiger partial charge in [0, 0.05) is 0 Å². The average Bonchev–Trinajstić information content (AvgIpc) is 2.88. The fraction of sp³-hybridized carbons (Fsp3) is 0.710. The molecule has 192 valence electrons. The zero-order valence-electron chi connectivity index (χ0n) is 21.3. The molecule has 2 nitrogen and oxygen atoms in total. The average molecular weight is 484 g/mol. The van der Waals surface area contributed by atoms with Crippen LogP contribution in [0, 0.1) is 46.6 Å². The molecule has 0 unspecified atom stereocenters. The predicted molar refractivity (Wildman–Crippen MR) is 137 cm³/mol. The third kappa shape index (κ3) is 7.16. The van der Waals surface area contributed by atoms with E-state index >= 15 is 0 Å². The van der Waals surface area contributed by atoms with Gasteiger partial charge < -0.3 is 4.74 Å². The SMILES string of the molecule is C=CCCOC1CCC(C2CCC(CCC3CCC(c4cc(F)c(C#N)c(F)c4)CC3)CC2)CC1. The molecule has 0 aliphatic heterocycles. The van der Waals surface area contributed by atoms with E-state index in [0.29, 0.717) is 6.10 Å². The van der Waals surface area contributed by atoms with E-state index in [1.54, 1.807) is 6.07 Å². The summed E-state index contributed by atoms with van der Waals surface area (Å²) < 4.78 is 34.0. The molecule has 0 bridgehead atoms. The van der Waals surface area contributed by atoms with E-state index in [9.17, 15) is 8.78 Å². The van der Waals surface area contributed by atoms with Crippen molar-refractivity contribution >= 4 is 0 Å². The maximum atomic E-state index is 14.0. The van der Waals surface area contributed by atoms with Gasteiger partial charge in [-0.05, 0) is 118 Å². The highest BCUT2D eigenvalue weighted by atomic mass is 19.1. The van der Waals surface area contributed by atoms with Gasteiger partial charge in [-0.25, -0.2) is 8.78 Å². The van der Waals surface area contributed by atoms with Crippen molar-refractivity contribution in [3.8, 4) is 6.07 Å². The Balaban J connectivity index is 1.12. The lowest BCUT2D eigenvalue weighted by Gasteiger charge is -2.38. The summed E-state index contributed by atoms with van der Waals surface area (Å²) in [7, 11) is 0. The van der Waals surface area contributed by atoms with Gasteiger partial charge in [0.2, 0.25) is 0 Å². The van der Waals surface area contributed by atoms with Crippen LogP contribution in [0.1, 0.15) is 113 Å². The van der Waals surface area contributed by atoms with E-state index in [2.05, 4.69) is 6.58 Å². The Hall–Kier alpha value is -1.73. The van der Waals surface area contributed by atoms with Crippen molar-refractivity contribution in [2.75, 3.05) is 6.61 Å². The van der Waals surface area contributed by atoms with Crippen molar-refractivity contribution < 1.29 is 13.5 Å². The van der Waals surface area contributed by atoms with Crippen molar-refractivity contribution in [1.29, 1.82) is 5.26 Å². The second-order valence-electron chi connectivity index (χ2n) is 11.5. The van der Waals surface area contributed by atoms with E-state index in [1.165, 1.54) is 76.3 Å². The summed E-state index contributed by atoms with van der Waals surface area (Å²) in [5, 5.41) is 8.89. The normalized spacial score (nSPS) is 31.6. The number of nitrogens with zero attached hydrogens (tertiary/aromatic N) is 1. The lowest BCUT2D eigenvalue weighted by molar-refractivity contribution is 0.00903. The van der Waals surface area contributed by atoms with Crippen LogP contribution in [0.3, 0.4) is 0 Å². The minimum absolute atomic E-state index is 0.223. The van der Waals surface area contributed by atoms with Crippen LogP contribution in [-0.4, -0.2) is 12.7 Å². The highest BCUT2D eigenvalue weighted by Crippen LogP contribution is 2.43. The minimum atomic E-state index is -0.717. The lowest BCUT2D eigenvalue weighted by Crippen LogP contribution is -2.29. The molecule has 3 aliphatic carbocycles. The van der Waals surface area contributed by atoms with Gasteiger partial charge >= 0.3 is 0 Å². The molecule has 3 saturated carbocycles. The number of halogens is 2. The van der Waals surface area contributed by atoms with Crippen molar-refractivity contribution in [1.82, 2.24) is 0 Å². The van der Waals surface area contributed by atoms with Crippen LogP contribution < -0.4 is 0 Å². The minimum Gasteiger partial charge on any atom is -0.378 e. The molecule has 0 saturated heterocycles. The predicted octanol–water partition coefficient (Wildman–Crippen LogP) is 8.85. The third-order valence-corrected chi connectivity index (χ3v) is 9.43. The molecule has 1 aromatic carbocycles. The van der Waals surface area contributed by atoms with Crippen LogP contribution in [0.2, 0.25) is 0 Å². The van der Waals surface area contributed by atoms with Crippen LogP contribution in [-0.2, 0) is 4.74 Å². The summed E-state index contributed by atoms with van der Waals surface area (Å²) in [6.45, 7) is 4.61. The number of hydrogen-bond donors (Lipinski definition) is 0. The molecule has 35 heavy (non-hydrogen) atoms. The fourth-order valence-electron chi connectivity index (χ4n) is 7.18. The zero-order chi connectivity index (χ0) is 24.6. The first kappa shape index (κ1) is 26.3. The quantitative estimate of drug-likeness (QED) is 0.260. The monoisotopic (exact) mass is 483 g/mol.